The van der Waals surface area contributed by atoms with E-state index in [1.54, 1.807) is 0 Å². The zero-order valence-corrected chi connectivity index (χ0v) is 12.2. The van der Waals surface area contributed by atoms with E-state index in [0.717, 1.165) is 20.1 Å². The molecule has 0 fully saturated rings. The lowest BCUT2D eigenvalue weighted by molar-refractivity contribution is 1.55. The van der Waals surface area contributed by atoms with Crippen molar-refractivity contribution in [3.63, 3.8) is 0 Å². The summed E-state index contributed by atoms with van der Waals surface area (Å²) in [5.74, 6) is 0. The maximum atomic E-state index is 3.37. The van der Waals surface area contributed by atoms with Crippen LogP contribution in [0.1, 0.15) is 11.1 Å². The summed E-state index contributed by atoms with van der Waals surface area (Å²) >= 11 is 6.74. The summed E-state index contributed by atoms with van der Waals surface area (Å²) in [6, 6.07) is 20.5. The monoisotopic (exact) mass is 348 g/mol. The predicted octanol–water partition coefficient (Wildman–Crippen LogP) is 5.35. The van der Waals surface area contributed by atoms with Crippen LogP contribution in [0.3, 0.4) is 0 Å². The van der Waals surface area contributed by atoms with Crippen LogP contribution in [0.15, 0.2) is 69.8 Å². The van der Waals surface area contributed by atoms with Crippen molar-refractivity contribution < 1.29 is 0 Å². The van der Waals surface area contributed by atoms with Gasteiger partial charge in [-0.05, 0) is 43.0 Å². The van der Waals surface area contributed by atoms with Crippen molar-refractivity contribution in [2.24, 2.45) is 0 Å². The van der Waals surface area contributed by atoms with Gasteiger partial charge in [0, 0.05) is 5.57 Å². The molecule has 2 heteroatoms. The van der Waals surface area contributed by atoms with Gasteiger partial charge in [-0.25, -0.2) is 0 Å². The van der Waals surface area contributed by atoms with Crippen LogP contribution in [0.5, 0.6) is 0 Å². The van der Waals surface area contributed by atoms with Gasteiger partial charge in [-0.3, -0.25) is 0 Å². The average molecular weight is 350 g/mol. The average Bonchev–Trinajstić information content (AvgIpc) is 2.38. The molecule has 0 saturated heterocycles. The van der Waals surface area contributed by atoms with E-state index >= 15 is 0 Å². The Balaban J connectivity index is 2.60. The Morgan fingerprint density at radius 3 is 1.47 bits per heavy atom. The quantitative estimate of drug-likeness (QED) is 0.641. The lowest BCUT2D eigenvalue weighted by atomic mass is 9.99. The van der Waals surface area contributed by atoms with Crippen molar-refractivity contribution in [2.75, 3.05) is 0 Å². The largest absolute Gasteiger partial charge is 0.103 e. The maximum absolute atomic E-state index is 3.37. The highest BCUT2D eigenvalue weighted by Crippen LogP contribution is 2.24. The van der Waals surface area contributed by atoms with Gasteiger partial charge in [0.25, 0.3) is 0 Å². The molecule has 0 saturated carbocycles. The molecule has 0 heterocycles. The second-order valence-electron chi connectivity index (χ2n) is 3.49. The molecule has 0 atom stereocenters. The molecule has 2 aromatic carbocycles. The first-order valence-electron chi connectivity index (χ1n) is 5.20. The second-order valence-corrected chi connectivity index (χ2v) is 6.14. The van der Waals surface area contributed by atoms with Crippen LogP contribution in [-0.4, -0.2) is 0 Å². The molecule has 2 rings (SSSR count). The Bertz CT molecular complexity index is 504. The third-order valence-electron chi connectivity index (χ3n) is 2.34. The van der Waals surface area contributed by atoms with Crippen molar-refractivity contribution in [2.45, 2.75) is 0 Å². The molecule has 0 aliphatic rings. The summed E-state index contributed by atoms with van der Waals surface area (Å²) < 4.78 is 0.813. The number of halogens is 2. The van der Waals surface area contributed by atoms with Crippen molar-refractivity contribution in [1.82, 2.24) is 0 Å². The minimum Gasteiger partial charge on any atom is -0.0886 e. The lowest BCUT2D eigenvalue weighted by Crippen LogP contribution is -1.85. The predicted molar refractivity (Wildman–Crippen MR) is 80.3 cm³/mol. The van der Waals surface area contributed by atoms with Crippen LogP contribution in [0.2, 0.25) is 0 Å². The molecule has 0 unspecified atom stereocenters. The van der Waals surface area contributed by atoms with Gasteiger partial charge < -0.3 is 0 Å². The first kappa shape index (κ1) is 12.4. The molecule has 0 bridgehead atoms. The van der Waals surface area contributed by atoms with Gasteiger partial charge >= 0.3 is 0 Å². The highest BCUT2D eigenvalue weighted by atomic mass is 79.9. The lowest BCUT2D eigenvalue weighted by Gasteiger charge is -2.05. The van der Waals surface area contributed by atoms with E-state index in [2.05, 4.69) is 61.9 Å². The van der Waals surface area contributed by atoms with E-state index in [0.29, 0.717) is 0 Å². The van der Waals surface area contributed by atoms with E-state index in [4.69, 9.17) is 0 Å². The Hall–Kier alpha value is -1.08. The number of benzene rings is 2. The van der Waals surface area contributed by atoms with Crippen LogP contribution in [0.4, 0.5) is 0 Å². The Morgan fingerprint density at radius 1 is 0.706 bits per heavy atom. The molecule has 84 valence electrons. The molecule has 0 N–H and O–H groups in total. The first-order valence-corrected chi connectivity index (χ1v) is 6.79. The van der Waals surface area contributed by atoms with E-state index in [-0.39, 0.29) is 0 Å². The molecule has 0 aliphatic heterocycles. The fourth-order valence-corrected chi connectivity index (χ4v) is 2.01. The Morgan fingerprint density at radius 2 is 1.12 bits per heavy atom. The van der Waals surface area contributed by atoms with Crippen LogP contribution in [0.25, 0.3) is 5.57 Å². The molecule has 17 heavy (non-hydrogen) atoms. The summed E-state index contributed by atoms with van der Waals surface area (Å²) in [7, 11) is 0. The number of rotatable bonds is 2. The van der Waals surface area contributed by atoms with Gasteiger partial charge in [-0.15, -0.1) is 0 Å². The molecule has 0 aromatic heterocycles. The van der Waals surface area contributed by atoms with Gasteiger partial charge in [0.2, 0.25) is 0 Å². The highest BCUT2D eigenvalue weighted by Gasteiger charge is 2.03. The number of hydrogen-bond donors (Lipinski definition) is 0. The topological polar surface area (TPSA) is 0 Å². The zero-order valence-electron chi connectivity index (χ0n) is 9.03. The summed E-state index contributed by atoms with van der Waals surface area (Å²) in [4.78, 5) is 0. The highest BCUT2D eigenvalue weighted by molar-refractivity contribution is 9.28. The van der Waals surface area contributed by atoms with E-state index < -0.39 is 0 Å². The SMILES string of the molecule is BrC(Br)=C=C(c1ccccc1)c1ccccc1. The molecule has 0 radical (unpaired) electrons. The molecule has 0 amide bonds. The van der Waals surface area contributed by atoms with E-state index in [1.807, 2.05) is 36.4 Å². The van der Waals surface area contributed by atoms with E-state index in [9.17, 15) is 0 Å². The summed E-state index contributed by atoms with van der Waals surface area (Å²) in [6.45, 7) is 0. The van der Waals surface area contributed by atoms with Crippen molar-refractivity contribution in [1.29, 1.82) is 0 Å². The summed E-state index contributed by atoms with van der Waals surface area (Å²) in [5, 5.41) is 0. The third kappa shape index (κ3) is 3.44. The van der Waals surface area contributed by atoms with Crippen LogP contribution in [0, 0.1) is 0 Å². The molecular weight excluding hydrogens is 340 g/mol. The molecule has 2 aromatic rings. The number of hydrogen-bond acceptors (Lipinski definition) is 0. The standard InChI is InChI=1S/C15H10Br2/c16-15(17)11-14(12-7-3-1-4-8-12)13-9-5-2-6-10-13/h1-10H. The summed E-state index contributed by atoms with van der Waals surface area (Å²) in [5.41, 5.74) is 6.64. The molecular formula is C15H10Br2. The second kappa shape index (κ2) is 6.02. The Kier molecular flexibility index (Phi) is 4.38. The van der Waals surface area contributed by atoms with Gasteiger partial charge in [-0.2, -0.15) is 0 Å². The van der Waals surface area contributed by atoms with Crippen molar-refractivity contribution >= 4 is 37.4 Å². The molecule has 0 spiro atoms. The van der Waals surface area contributed by atoms with Crippen LogP contribution < -0.4 is 0 Å². The fourth-order valence-electron chi connectivity index (χ4n) is 1.62. The summed E-state index contributed by atoms with van der Waals surface area (Å²) in [6.07, 6.45) is 0. The van der Waals surface area contributed by atoms with Crippen molar-refractivity contribution in [3.05, 3.63) is 80.9 Å². The first-order chi connectivity index (χ1) is 8.27. The van der Waals surface area contributed by atoms with Gasteiger partial charge in [0.05, 0.1) is 0 Å². The van der Waals surface area contributed by atoms with Crippen LogP contribution >= 0.6 is 31.9 Å². The third-order valence-corrected chi connectivity index (χ3v) is 2.74. The minimum atomic E-state index is 0.813. The van der Waals surface area contributed by atoms with Gasteiger partial charge in [-0.1, -0.05) is 66.4 Å². The van der Waals surface area contributed by atoms with Crippen LogP contribution in [-0.2, 0) is 0 Å². The molecule has 0 aliphatic carbocycles. The minimum absolute atomic E-state index is 0.813. The maximum Gasteiger partial charge on any atom is 0.103 e. The Labute approximate surface area is 118 Å². The van der Waals surface area contributed by atoms with Crippen molar-refractivity contribution in [3.8, 4) is 0 Å². The molecule has 0 nitrogen and oxygen atoms in total. The van der Waals surface area contributed by atoms with Gasteiger partial charge in [0.15, 0.2) is 0 Å². The normalized spacial score (nSPS) is 9.53. The van der Waals surface area contributed by atoms with Gasteiger partial charge in [0.1, 0.15) is 3.39 Å². The fraction of sp³-hybridized carbons (Fsp3) is 0. The van der Waals surface area contributed by atoms with E-state index in [1.165, 1.54) is 0 Å². The zero-order chi connectivity index (χ0) is 12.1. The smallest absolute Gasteiger partial charge is 0.0886 e.